The number of nitrogens with one attached hydrogen (secondary N) is 3. The van der Waals surface area contributed by atoms with Crippen LogP contribution in [0.5, 0.6) is 11.5 Å². The molecule has 2 aromatic carbocycles. The van der Waals surface area contributed by atoms with Crippen molar-refractivity contribution in [1.82, 2.24) is 15.5 Å². The van der Waals surface area contributed by atoms with Gasteiger partial charge in [-0.2, -0.15) is 0 Å². The van der Waals surface area contributed by atoms with Crippen molar-refractivity contribution >= 4 is 40.9 Å². The fourth-order valence-corrected chi connectivity index (χ4v) is 6.35. The van der Waals surface area contributed by atoms with Gasteiger partial charge in [0.1, 0.15) is 23.4 Å². The SMILES string of the molecule is CCOC(=O)CCCCCOC[C@@]1(F)C[C@@H](C(=O)N[C@H](C)c2cc(C(=N)N)cs2)N(C(=O)CNC(=O)c2ccc(Oc3ccccc3)cc2)C1. The van der Waals surface area contributed by atoms with Crippen LogP contribution in [0.2, 0.25) is 0 Å². The molecule has 0 saturated carbocycles. The molecule has 5 N–H and O–H groups in total. The van der Waals surface area contributed by atoms with Gasteiger partial charge in [0.05, 0.1) is 32.3 Å². The van der Waals surface area contributed by atoms with Gasteiger partial charge in [-0.05, 0) is 69.2 Å². The number of unbranched alkanes of at least 4 members (excludes halogenated alkanes) is 2. The molecule has 0 spiro atoms. The molecule has 1 aliphatic rings. The minimum absolute atomic E-state index is 0.0988. The summed E-state index contributed by atoms with van der Waals surface area (Å²) in [5.74, 6) is -0.876. The molecule has 268 valence electrons. The summed E-state index contributed by atoms with van der Waals surface area (Å²) in [4.78, 5) is 53.3. The second kappa shape index (κ2) is 18.3. The Morgan fingerprint density at radius 1 is 1.06 bits per heavy atom. The molecule has 14 heteroatoms. The molecule has 1 saturated heterocycles. The number of alkyl halides is 1. The van der Waals surface area contributed by atoms with Crippen LogP contribution in [0.3, 0.4) is 0 Å². The van der Waals surface area contributed by atoms with Gasteiger partial charge in [-0.1, -0.05) is 24.6 Å². The molecule has 0 unspecified atom stereocenters. The molecular formula is C36H44FN5O7S. The van der Waals surface area contributed by atoms with Crippen molar-refractivity contribution in [1.29, 1.82) is 5.41 Å². The Morgan fingerprint density at radius 2 is 1.78 bits per heavy atom. The van der Waals surface area contributed by atoms with E-state index in [0.717, 1.165) is 9.78 Å². The summed E-state index contributed by atoms with van der Waals surface area (Å²) in [6, 6.07) is 15.6. The first kappa shape index (κ1) is 38.0. The van der Waals surface area contributed by atoms with Crippen LogP contribution in [0.4, 0.5) is 4.39 Å². The molecule has 12 nitrogen and oxygen atoms in total. The van der Waals surface area contributed by atoms with E-state index in [0.29, 0.717) is 54.9 Å². The van der Waals surface area contributed by atoms with Gasteiger partial charge in [0.15, 0.2) is 5.67 Å². The summed E-state index contributed by atoms with van der Waals surface area (Å²) < 4.78 is 32.5. The van der Waals surface area contributed by atoms with Crippen LogP contribution in [0.15, 0.2) is 66.0 Å². The standard InChI is InChI=1S/C36H44FN5O7S/c1-3-48-32(44)12-8-5-9-17-47-23-36(37)19-29(35(46)41-24(2)30-18-26(21-50-30)33(38)39)42(22-36)31(43)20-40-34(45)25-13-15-28(16-14-25)49-27-10-6-4-7-11-27/h4,6-7,10-11,13-16,18,21,24,29H,3,5,8-9,12,17,19-20,22-23H2,1-2H3,(H3,38,39)(H,40,45)(H,41,46)/t24-,29+,36-/m1/s1. The molecule has 1 fully saturated rings. The molecule has 50 heavy (non-hydrogen) atoms. The lowest BCUT2D eigenvalue weighted by Crippen LogP contribution is -2.49. The van der Waals surface area contributed by atoms with E-state index in [1.54, 1.807) is 61.7 Å². The number of rotatable bonds is 18. The van der Waals surface area contributed by atoms with E-state index < -0.39 is 48.6 Å². The van der Waals surface area contributed by atoms with Crippen molar-refractivity contribution < 1.29 is 37.8 Å². The summed E-state index contributed by atoms with van der Waals surface area (Å²) in [6.45, 7) is 2.90. The van der Waals surface area contributed by atoms with Crippen LogP contribution in [0, 0.1) is 5.41 Å². The number of carbonyl (C=O) groups is 4. The fourth-order valence-electron chi connectivity index (χ4n) is 5.44. The smallest absolute Gasteiger partial charge is 0.305 e. The zero-order chi connectivity index (χ0) is 36.1. The predicted molar refractivity (Wildman–Crippen MR) is 187 cm³/mol. The predicted octanol–water partition coefficient (Wildman–Crippen LogP) is 4.88. The Kier molecular flexibility index (Phi) is 13.9. The lowest BCUT2D eigenvalue weighted by Gasteiger charge is -2.25. The van der Waals surface area contributed by atoms with Gasteiger partial charge < -0.3 is 35.5 Å². The van der Waals surface area contributed by atoms with E-state index in [2.05, 4.69) is 10.6 Å². The highest BCUT2D eigenvalue weighted by Gasteiger charge is 2.49. The van der Waals surface area contributed by atoms with Gasteiger partial charge in [-0.25, -0.2) is 4.39 Å². The summed E-state index contributed by atoms with van der Waals surface area (Å²) in [5.41, 5.74) is 4.39. The molecule has 3 amide bonds. The number of thiophene rings is 1. The molecule has 3 atom stereocenters. The number of benzene rings is 2. The molecule has 1 aromatic heterocycles. The first-order valence-corrected chi connectivity index (χ1v) is 17.4. The van der Waals surface area contributed by atoms with E-state index in [1.807, 2.05) is 18.2 Å². The first-order chi connectivity index (χ1) is 24.0. The van der Waals surface area contributed by atoms with E-state index in [4.69, 9.17) is 25.4 Å². The lowest BCUT2D eigenvalue weighted by atomic mass is 10.0. The number of hydrogen-bond donors (Lipinski definition) is 4. The Balaban J connectivity index is 1.35. The molecular weight excluding hydrogens is 665 g/mol. The highest BCUT2D eigenvalue weighted by molar-refractivity contribution is 7.10. The third-order valence-corrected chi connectivity index (χ3v) is 9.17. The van der Waals surface area contributed by atoms with E-state index >= 15 is 4.39 Å². The van der Waals surface area contributed by atoms with Crippen molar-refractivity contribution in [2.24, 2.45) is 5.73 Å². The number of amidine groups is 1. The Morgan fingerprint density at radius 3 is 2.46 bits per heavy atom. The van der Waals surface area contributed by atoms with Gasteiger partial charge in [0, 0.05) is 40.8 Å². The number of hydrogen-bond acceptors (Lipinski definition) is 9. The van der Waals surface area contributed by atoms with E-state index in [-0.39, 0.29) is 31.4 Å². The number of nitrogen functional groups attached to an aromatic ring is 1. The van der Waals surface area contributed by atoms with Crippen LogP contribution in [0.1, 0.15) is 72.8 Å². The van der Waals surface area contributed by atoms with Crippen LogP contribution in [0.25, 0.3) is 0 Å². The van der Waals surface area contributed by atoms with Crippen molar-refractivity contribution in [3.05, 3.63) is 82.0 Å². The van der Waals surface area contributed by atoms with Crippen LogP contribution < -0.4 is 21.1 Å². The number of amides is 3. The van der Waals surface area contributed by atoms with Gasteiger partial charge in [-0.3, -0.25) is 24.6 Å². The number of carbonyl (C=O) groups excluding carboxylic acids is 4. The number of nitrogens with two attached hydrogens (primary N) is 1. The number of nitrogens with zero attached hydrogens (tertiary/aromatic N) is 1. The van der Waals surface area contributed by atoms with Gasteiger partial charge >= 0.3 is 5.97 Å². The number of ether oxygens (including phenoxy) is 3. The van der Waals surface area contributed by atoms with Crippen molar-refractivity contribution in [2.75, 3.05) is 32.9 Å². The Hall–Kier alpha value is -4.82. The number of halogens is 1. The van der Waals surface area contributed by atoms with Crippen LogP contribution in [-0.2, 0) is 23.9 Å². The van der Waals surface area contributed by atoms with Crippen molar-refractivity contribution in [3.8, 4) is 11.5 Å². The maximum atomic E-state index is 16.2. The molecule has 0 bridgehead atoms. The minimum atomic E-state index is -2.00. The maximum absolute atomic E-state index is 16.2. The van der Waals surface area contributed by atoms with Crippen molar-refractivity contribution in [3.63, 3.8) is 0 Å². The van der Waals surface area contributed by atoms with Gasteiger partial charge in [-0.15, -0.1) is 11.3 Å². The summed E-state index contributed by atoms with van der Waals surface area (Å²) in [7, 11) is 0. The third kappa shape index (κ3) is 11.1. The molecule has 4 rings (SSSR count). The molecule has 2 heterocycles. The summed E-state index contributed by atoms with van der Waals surface area (Å²) in [5, 5.41) is 14.8. The topological polar surface area (TPSA) is 173 Å². The Bertz CT molecular complexity index is 1620. The second-order valence-corrected chi connectivity index (χ2v) is 13.0. The average Bonchev–Trinajstić information content (AvgIpc) is 3.74. The second-order valence-electron chi connectivity index (χ2n) is 12.1. The third-order valence-electron chi connectivity index (χ3n) is 8.06. The maximum Gasteiger partial charge on any atom is 0.305 e. The molecule has 3 aromatic rings. The van der Waals surface area contributed by atoms with Crippen molar-refractivity contribution in [2.45, 2.75) is 63.7 Å². The quantitative estimate of drug-likeness (QED) is 0.0626. The van der Waals surface area contributed by atoms with Gasteiger partial charge in [0.2, 0.25) is 11.8 Å². The summed E-state index contributed by atoms with van der Waals surface area (Å²) in [6.07, 6.45) is 1.94. The zero-order valence-electron chi connectivity index (χ0n) is 28.2. The Labute approximate surface area is 295 Å². The number of para-hydroxylation sites is 1. The fraction of sp³-hybridized carbons (Fsp3) is 0.417. The largest absolute Gasteiger partial charge is 0.466 e. The lowest BCUT2D eigenvalue weighted by molar-refractivity contribution is -0.143. The monoisotopic (exact) mass is 709 g/mol. The minimum Gasteiger partial charge on any atom is -0.466 e. The van der Waals surface area contributed by atoms with Crippen LogP contribution >= 0.6 is 11.3 Å². The highest BCUT2D eigenvalue weighted by Crippen LogP contribution is 2.33. The van der Waals surface area contributed by atoms with Gasteiger partial charge in [0.25, 0.3) is 5.91 Å². The number of esters is 1. The van der Waals surface area contributed by atoms with Crippen LogP contribution in [-0.4, -0.2) is 79.0 Å². The summed E-state index contributed by atoms with van der Waals surface area (Å²) >= 11 is 1.32. The van der Waals surface area contributed by atoms with E-state index in [1.165, 1.54) is 11.3 Å². The molecule has 1 aliphatic heterocycles. The number of likely N-dealkylation sites (tertiary alicyclic amines) is 1. The van der Waals surface area contributed by atoms with E-state index in [9.17, 15) is 19.2 Å². The zero-order valence-corrected chi connectivity index (χ0v) is 29.1. The average molecular weight is 710 g/mol. The highest BCUT2D eigenvalue weighted by atomic mass is 32.1. The molecule has 0 aliphatic carbocycles. The normalized spacial score (nSPS) is 17.5. The first-order valence-electron chi connectivity index (χ1n) is 16.5. The molecule has 0 radical (unpaired) electrons.